The van der Waals surface area contributed by atoms with E-state index in [4.69, 9.17) is 14.4 Å². The molecule has 4 heteroatoms. The van der Waals surface area contributed by atoms with E-state index in [0.717, 1.165) is 55.7 Å². The average molecular weight is 664 g/mol. The van der Waals surface area contributed by atoms with Crippen molar-refractivity contribution in [3.05, 3.63) is 176 Å². The first-order valence-corrected chi connectivity index (χ1v) is 17.6. The fourth-order valence-electron chi connectivity index (χ4n) is 7.98. The molecule has 0 bridgehead atoms. The zero-order chi connectivity index (χ0) is 34.2. The SMILES string of the molecule is c1ccc(-c2nc(-c3ccc4ccccc4c3)cc(-c3cccc4oc5cc(-n6c7ccccc7c7c8ccccc8ccc76)ccc5c34)n2)cc1. The van der Waals surface area contributed by atoms with Gasteiger partial charge in [-0.2, -0.15) is 0 Å². The van der Waals surface area contributed by atoms with Crippen molar-refractivity contribution < 1.29 is 4.42 Å². The Bertz CT molecular complexity index is 3190. The first kappa shape index (κ1) is 28.8. The molecule has 0 aliphatic rings. The highest BCUT2D eigenvalue weighted by atomic mass is 16.3. The van der Waals surface area contributed by atoms with Crippen molar-refractivity contribution in [3.8, 4) is 39.6 Å². The summed E-state index contributed by atoms with van der Waals surface area (Å²) in [6.45, 7) is 0. The van der Waals surface area contributed by atoms with E-state index in [0.29, 0.717) is 5.82 Å². The first-order chi connectivity index (χ1) is 25.8. The van der Waals surface area contributed by atoms with Gasteiger partial charge in [-0.05, 0) is 64.0 Å². The zero-order valence-corrected chi connectivity index (χ0v) is 28.0. The lowest BCUT2D eigenvalue weighted by Gasteiger charge is -2.11. The van der Waals surface area contributed by atoms with Gasteiger partial charge in [-0.15, -0.1) is 0 Å². The van der Waals surface area contributed by atoms with Crippen LogP contribution in [0.2, 0.25) is 0 Å². The number of aromatic nitrogens is 3. The molecule has 0 saturated carbocycles. The molecule has 3 aromatic heterocycles. The van der Waals surface area contributed by atoms with Crippen LogP contribution in [0.3, 0.4) is 0 Å². The average Bonchev–Trinajstić information content (AvgIpc) is 3.76. The van der Waals surface area contributed by atoms with Crippen LogP contribution in [0.25, 0.3) is 105 Å². The molecule has 0 amide bonds. The van der Waals surface area contributed by atoms with Gasteiger partial charge in [-0.1, -0.05) is 127 Å². The topological polar surface area (TPSA) is 43.9 Å². The van der Waals surface area contributed by atoms with E-state index in [1.54, 1.807) is 0 Å². The molecule has 0 aliphatic carbocycles. The number of hydrogen-bond acceptors (Lipinski definition) is 3. The van der Waals surface area contributed by atoms with Gasteiger partial charge in [-0.25, -0.2) is 9.97 Å². The van der Waals surface area contributed by atoms with Crippen LogP contribution in [-0.2, 0) is 0 Å². The van der Waals surface area contributed by atoms with E-state index in [1.165, 1.54) is 43.4 Å². The van der Waals surface area contributed by atoms with Gasteiger partial charge in [0.2, 0.25) is 0 Å². The summed E-state index contributed by atoms with van der Waals surface area (Å²) in [6, 6.07) is 61.9. The lowest BCUT2D eigenvalue weighted by molar-refractivity contribution is 0.668. The van der Waals surface area contributed by atoms with Crippen molar-refractivity contribution in [2.75, 3.05) is 0 Å². The number of benzene rings is 8. The minimum absolute atomic E-state index is 0.687. The Morgan fingerprint density at radius 3 is 2.06 bits per heavy atom. The van der Waals surface area contributed by atoms with Crippen LogP contribution in [0.5, 0.6) is 0 Å². The van der Waals surface area contributed by atoms with Gasteiger partial charge >= 0.3 is 0 Å². The Morgan fingerprint density at radius 2 is 1.15 bits per heavy atom. The number of furan rings is 1. The minimum Gasteiger partial charge on any atom is -0.456 e. The van der Waals surface area contributed by atoms with E-state index in [2.05, 4.69) is 162 Å². The lowest BCUT2D eigenvalue weighted by Crippen LogP contribution is -1.96. The second kappa shape index (κ2) is 11.2. The Labute approximate surface area is 298 Å². The third-order valence-electron chi connectivity index (χ3n) is 10.4. The largest absolute Gasteiger partial charge is 0.456 e. The number of rotatable bonds is 4. The summed E-state index contributed by atoms with van der Waals surface area (Å²) in [5, 5.41) is 9.47. The molecule has 3 heterocycles. The molecular formula is C48H29N3O. The summed E-state index contributed by atoms with van der Waals surface area (Å²) in [5.41, 5.74) is 9.81. The molecule has 11 rings (SSSR count). The summed E-state index contributed by atoms with van der Waals surface area (Å²) >= 11 is 0. The molecule has 0 saturated heterocycles. The van der Waals surface area contributed by atoms with E-state index in [1.807, 2.05) is 18.2 Å². The van der Waals surface area contributed by atoms with E-state index < -0.39 is 0 Å². The van der Waals surface area contributed by atoms with E-state index in [9.17, 15) is 0 Å². The number of fused-ring (bicyclic) bond motifs is 9. The van der Waals surface area contributed by atoms with Crippen LogP contribution in [-0.4, -0.2) is 14.5 Å². The van der Waals surface area contributed by atoms with Crippen LogP contribution >= 0.6 is 0 Å². The molecular weight excluding hydrogens is 635 g/mol. The van der Waals surface area contributed by atoms with Crippen molar-refractivity contribution >= 4 is 65.3 Å². The maximum absolute atomic E-state index is 6.67. The molecule has 0 unspecified atom stereocenters. The van der Waals surface area contributed by atoms with Gasteiger partial charge < -0.3 is 8.98 Å². The second-order valence-corrected chi connectivity index (χ2v) is 13.4. The van der Waals surface area contributed by atoms with Crippen LogP contribution in [0.4, 0.5) is 0 Å². The second-order valence-electron chi connectivity index (χ2n) is 13.4. The summed E-state index contributed by atoms with van der Waals surface area (Å²) in [5.74, 6) is 0.687. The minimum atomic E-state index is 0.687. The monoisotopic (exact) mass is 663 g/mol. The van der Waals surface area contributed by atoms with Crippen molar-refractivity contribution in [2.24, 2.45) is 0 Å². The highest BCUT2D eigenvalue weighted by molar-refractivity contribution is 6.21. The van der Waals surface area contributed by atoms with Gasteiger partial charge in [0.15, 0.2) is 5.82 Å². The predicted molar refractivity (Wildman–Crippen MR) is 215 cm³/mol. The van der Waals surface area contributed by atoms with Crippen LogP contribution in [0, 0.1) is 0 Å². The van der Waals surface area contributed by atoms with Crippen molar-refractivity contribution in [1.82, 2.24) is 14.5 Å². The number of hydrogen-bond donors (Lipinski definition) is 0. The molecule has 11 aromatic rings. The maximum Gasteiger partial charge on any atom is 0.160 e. The Morgan fingerprint density at radius 1 is 0.404 bits per heavy atom. The molecule has 0 spiro atoms. The summed E-state index contributed by atoms with van der Waals surface area (Å²) < 4.78 is 9.03. The maximum atomic E-state index is 6.67. The van der Waals surface area contributed by atoms with E-state index >= 15 is 0 Å². The molecule has 0 fully saturated rings. The van der Waals surface area contributed by atoms with E-state index in [-0.39, 0.29) is 0 Å². The first-order valence-electron chi connectivity index (χ1n) is 17.6. The highest BCUT2D eigenvalue weighted by Gasteiger charge is 2.19. The molecule has 4 nitrogen and oxygen atoms in total. The summed E-state index contributed by atoms with van der Waals surface area (Å²) in [6.07, 6.45) is 0. The van der Waals surface area contributed by atoms with Gasteiger partial charge in [0.1, 0.15) is 11.2 Å². The summed E-state index contributed by atoms with van der Waals surface area (Å²) in [7, 11) is 0. The smallest absolute Gasteiger partial charge is 0.160 e. The Hall–Kier alpha value is -7.04. The number of nitrogens with zero attached hydrogens (tertiary/aromatic N) is 3. The predicted octanol–water partition coefficient (Wildman–Crippen LogP) is 12.8. The number of para-hydroxylation sites is 1. The lowest BCUT2D eigenvalue weighted by atomic mass is 10.00. The fraction of sp³-hybridized carbons (Fsp3) is 0. The summed E-state index contributed by atoms with van der Waals surface area (Å²) in [4.78, 5) is 10.3. The van der Waals surface area contributed by atoms with Crippen LogP contribution < -0.4 is 0 Å². The Kier molecular flexibility index (Phi) is 6.22. The third-order valence-corrected chi connectivity index (χ3v) is 10.4. The molecule has 242 valence electrons. The van der Waals surface area contributed by atoms with Crippen LogP contribution in [0.1, 0.15) is 0 Å². The highest BCUT2D eigenvalue weighted by Crippen LogP contribution is 2.41. The van der Waals surface area contributed by atoms with Gasteiger partial charge in [-0.3, -0.25) is 0 Å². The third kappa shape index (κ3) is 4.41. The van der Waals surface area contributed by atoms with Crippen molar-refractivity contribution in [3.63, 3.8) is 0 Å². The molecule has 52 heavy (non-hydrogen) atoms. The zero-order valence-electron chi connectivity index (χ0n) is 28.0. The molecule has 0 aliphatic heterocycles. The van der Waals surface area contributed by atoms with Crippen molar-refractivity contribution in [1.29, 1.82) is 0 Å². The molecule has 0 radical (unpaired) electrons. The molecule has 0 atom stereocenters. The van der Waals surface area contributed by atoms with Crippen molar-refractivity contribution in [2.45, 2.75) is 0 Å². The van der Waals surface area contributed by atoms with Crippen LogP contribution in [0.15, 0.2) is 180 Å². The normalized spacial score (nSPS) is 11.8. The molecule has 8 aromatic carbocycles. The standard InChI is InChI=1S/C48H29N3O/c1-2-13-32(14-3-1)48-49-40(34-22-21-30-11-4-5-15-33(30)27-34)29-41(50-48)37-18-10-20-44-47(37)39-25-24-35(28-45(39)52-44)51-42-19-9-8-17-38(42)46-36-16-7-6-12-31(36)23-26-43(46)51/h1-29H. The fourth-order valence-corrected chi connectivity index (χ4v) is 7.98. The molecule has 0 N–H and O–H groups in total. The quantitative estimate of drug-likeness (QED) is 0.188. The van der Waals surface area contributed by atoms with Gasteiger partial charge in [0.25, 0.3) is 0 Å². The van der Waals surface area contributed by atoms with Gasteiger partial charge in [0, 0.05) is 50.0 Å². The Balaban J connectivity index is 1.12. The van der Waals surface area contributed by atoms with Gasteiger partial charge in [0.05, 0.1) is 22.4 Å².